The van der Waals surface area contributed by atoms with Crippen LogP contribution in [0, 0.1) is 0 Å². The fraction of sp³-hybridized carbons (Fsp3) is 1.00. The molecular weight excluding hydrogens is 296 g/mol. The number of hydrogen-bond donors (Lipinski definition) is 2. The molecule has 23 heavy (non-hydrogen) atoms. The average molecular weight is 334 g/mol. The summed E-state index contributed by atoms with van der Waals surface area (Å²) in [6.45, 7) is 8.29. The predicted octanol–water partition coefficient (Wildman–Crippen LogP) is 2.92. The van der Waals surface area contributed by atoms with Crippen LogP contribution in [0.3, 0.4) is 0 Å². The van der Waals surface area contributed by atoms with E-state index in [4.69, 9.17) is 24.4 Å². The van der Waals surface area contributed by atoms with Crippen LogP contribution in [0.4, 0.5) is 0 Å². The lowest BCUT2D eigenvalue weighted by atomic mass is 10.2. The Morgan fingerprint density at radius 3 is 1.39 bits per heavy atom. The molecule has 0 spiro atoms. The van der Waals surface area contributed by atoms with Crippen molar-refractivity contribution in [2.24, 2.45) is 0 Å². The van der Waals surface area contributed by atoms with Gasteiger partial charge in [0.25, 0.3) is 0 Å². The first-order chi connectivity index (χ1) is 11.3. The average Bonchev–Trinajstić information content (AvgIpc) is 3.46. The second-order valence-electron chi connectivity index (χ2n) is 6.02. The molecule has 0 saturated carbocycles. The molecular formula is C18H38O5. The molecule has 2 aliphatic heterocycles. The third-order valence-corrected chi connectivity index (χ3v) is 3.44. The first kappa shape index (κ1) is 22.8. The number of epoxide rings is 2. The van der Waals surface area contributed by atoms with E-state index in [0.29, 0.717) is 12.2 Å². The fourth-order valence-electron chi connectivity index (χ4n) is 1.74. The molecule has 5 heteroatoms. The van der Waals surface area contributed by atoms with E-state index in [1.165, 1.54) is 25.7 Å². The van der Waals surface area contributed by atoms with E-state index in [-0.39, 0.29) is 13.2 Å². The van der Waals surface area contributed by atoms with Gasteiger partial charge in [0.15, 0.2) is 0 Å². The van der Waals surface area contributed by atoms with Gasteiger partial charge in [-0.1, -0.05) is 52.4 Å². The number of ether oxygens (including phenoxy) is 3. The van der Waals surface area contributed by atoms with Gasteiger partial charge in [0.2, 0.25) is 0 Å². The molecule has 2 heterocycles. The minimum atomic E-state index is 0.283. The highest BCUT2D eigenvalue weighted by molar-refractivity contribution is 4.71. The van der Waals surface area contributed by atoms with Crippen molar-refractivity contribution < 1.29 is 24.4 Å². The Balaban J connectivity index is 0.000000325. The number of unbranched alkanes of at least 4 members (excludes halogenated alkanes) is 6. The summed E-state index contributed by atoms with van der Waals surface area (Å²) in [5.41, 5.74) is 0. The van der Waals surface area contributed by atoms with E-state index in [9.17, 15) is 0 Å². The Bertz CT molecular complexity index is 195. The Morgan fingerprint density at radius 2 is 1.13 bits per heavy atom. The highest BCUT2D eigenvalue weighted by Gasteiger charge is 2.26. The van der Waals surface area contributed by atoms with Crippen LogP contribution in [-0.2, 0) is 14.2 Å². The van der Waals surface area contributed by atoms with Gasteiger partial charge in [-0.15, -0.1) is 0 Å². The molecule has 2 atom stereocenters. The summed E-state index contributed by atoms with van der Waals surface area (Å²) in [5, 5.41) is 16.6. The highest BCUT2D eigenvalue weighted by Crippen LogP contribution is 2.12. The van der Waals surface area contributed by atoms with E-state index in [2.05, 4.69) is 13.8 Å². The molecule has 2 unspecified atom stereocenters. The molecule has 0 aromatic carbocycles. The lowest BCUT2D eigenvalue weighted by Crippen LogP contribution is -2.06. The van der Waals surface area contributed by atoms with Gasteiger partial charge < -0.3 is 24.4 Å². The topological polar surface area (TPSA) is 74.8 Å². The van der Waals surface area contributed by atoms with Crippen LogP contribution < -0.4 is 0 Å². The standard InChI is InChI=1S/C6H10O3.C6H14O2.C6H14/c1(5-3-8-5)7-2-6-4-9-6;7-5-3-1-2-4-6-8;1-3-5-6-4-2/h5-6H,1-4H2;7-8H,1-6H2;3-6H2,1-2H3. The lowest BCUT2D eigenvalue weighted by molar-refractivity contribution is 0.102. The van der Waals surface area contributed by atoms with Gasteiger partial charge >= 0.3 is 0 Å². The highest BCUT2D eigenvalue weighted by atomic mass is 16.6. The summed E-state index contributed by atoms with van der Waals surface area (Å²) in [6, 6.07) is 0. The maximum absolute atomic E-state index is 8.30. The monoisotopic (exact) mass is 334 g/mol. The van der Waals surface area contributed by atoms with E-state index >= 15 is 0 Å². The smallest absolute Gasteiger partial charge is 0.104 e. The van der Waals surface area contributed by atoms with E-state index in [1.807, 2.05) is 0 Å². The predicted molar refractivity (Wildman–Crippen MR) is 92.8 cm³/mol. The van der Waals surface area contributed by atoms with Gasteiger partial charge in [0, 0.05) is 13.2 Å². The van der Waals surface area contributed by atoms with Crippen LogP contribution in [0.1, 0.15) is 65.2 Å². The third-order valence-electron chi connectivity index (χ3n) is 3.44. The van der Waals surface area contributed by atoms with Gasteiger partial charge in [0.05, 0.1) is 26.4 Å². The number of aliphatic hydroxyl groups excluding tert-OH is 2. The van der Waals surface area contributed by atoms with Crippen LogP contribution >= 0.6 is 0 Å². The lowest BCUT2D eigenvalue weighted by Gasteiger charge is -1.95. The van der Waals surface area contributed by atoms with E-state index < -0.39 is 0 Å². The van der Waals surface area contributed by atoms with Crippen LogP contribution in [0.2, 0.25) is 0 Å². The molecule has 2 rings (SSSR count). The molecule has 5 nitrogen and oxygen atoms in total. The second-order valence-corrected chi connectivity index (χ2v) is 6.02. The largest absolute Gasteiger partial charge is 0.396 e. The second kappa shape index (κ2) is 18.1. The molecule has 2 saturated heterocycles. The third kappa shape index (κ3) is 21.8. The maximum atomic E-state index is 8.30. The Morgan fingerprint density at radius 1 is 0.739 bits per heavy atom. The minimum absolute atomic E-state index is 0.283. The summed E-state index contributed by atoms with van der Waals surface area (Å²) >= 11 is 0. The fourth-order valence-corrected chi connectivity index (χ4v) is 1.74. The van der Waals surface area contributed by atoms with Crippen LogP contribution in [0.5, 0.6) is 0 Å². The van der Waals surface area contributed by atoms with Crippen molar-refractivity contribution in [3.63, 3.8) is 0 Å². The molecule has 0 radical (unpaired) electrons. The van der Waals surface area contributed by atoms with Crippen molar-refractivity contribution in [3.8, 4) is 0 Å². The molecule has 2 aliphatic rings. The maximum Gasteiger partial charge on any atom is 0.104 e. The van der Waals surface area contributed by atoms with Gasteiger partial charge in [-0.3, -0.25) is 0 Å². The molecule has 0 aromatic heterocycles. The summed E-state index contributed by atoms with van der Waals surface area (Å²) in [7, 11) is 0. The summed E-state index contributed by atoms with van der Waals surface area (Å²) in [6.07, 6.45) is 10.1. The summed E-state index contributed by atoms with van der Waals surface area (Å²) in [4.78, 5) is 0. The first-order valence-electron chi connectivity index (χ1n) is 9.31. The van der Waals surface area contributed by atoms with Crippen molar-refractivity contribution in [2.45, 2.75) is 77.4 Å². The molecule has 0 aliphatic carbocycles. The van der Waals surface area contributed by atoms with Gasteiger partial charge in [-0.2, -0.15) is 0 Å². The Labute approximate surface area is 142 Å². The molecule has 0 bridgehead atoms. The van der Waals surface area contributed by atoms with Crippen LogP contribution in [-0.4, -0.2) is 62.1 Å². The number of aliphatic hydroxyl groups is 2. The Hall–Kier alpha value is -0.200. The zero-order valence-corrected chi connectivity index (χ0v) is 15.2. The molecule has 2 N–H and O–H groups in total. The van der Waals surface area contributed by atoms with Crippen molar-refractivity contribution in [2.75, 3.05) is 39.6 Å². The quantitative estimate of drug-likeness (QED) is 0.424. The number of rotatable bonds is 12. The zero-order valence-electron chi connectivity index (χ0n) is 15.2. The zero-order chi connectivity index (χ0) is 17.2. The van der Waals surface area contributed by atoms with Gasteiger partial charge in [-0.05, 0) is 12.8 Å². The summed E-state index contributed by atoms with van der Waals surface area (Å²) < 4.78 is 15.1. The van der Waals surface area contributed by atoms with Gasteiger partial charge in [-0.25, -0.2) is 0 Å². The molecule has 0 amide bonds. The summed E-state index contributed by atoms with van der Waals surface area (Å²) in [5.74, 6) is 0. The van der Waals surface area contributed by atoms with Crippen LogP contribution in [0.25, 0.3) is 0 Å². The van der Waals surface area contributed by atoms with Crippen LogP contribution in [0.15, 0.2) is 0 Å². The normalized spacial score (nSPS) is 20.9. The van der Waals surface area contributed by atoms with Crippen molar-refractivity contribution in [1.29, 1.82) is 0 Å². The Kier molecular flexibility index (Phi) is 18.0. The van der Waals surface area contributed by atoms with E-state index in [0.717, 1.165) is 52.1 Å². The minimum Gasteiger partial charge on any atom is -0.396 e. The molecule has 0 aromatic rings. The van der Waals surface area contributed by atoms with Crippen molar-refractivity contribution >= 4 is 0 Å². The first-order valence-corrected chi connectivity index (χ1v) is 9.31. The SMILES string of the molecule is C(OCC1CO1)C1CO1.CCCCCC.OCCCCCCO. The molecule has 140 valence electrons. The van der Waals surface area contributed by atoms with Crippen molar-refractivity contribution in [3.05, 3.63) is 0 Å². The number of hydrogen-bond acceptors (Lipinski definition) is 5. The van der Waals surface area contributed by atoms with Gasteiger partial charge in [0.1, 0.15) is 12.2 Å². The van der Waals surface area contributed by atoms with E-state index in [1.54, 1.807) is 0 Å². The molecule has 2 fully saturated rings. The van der Waals surface area contributed by atoms with Crippen molar-refractivity contribution in [1.82, 2.24) is 0 Å².